The quantitative estimate of drug-likeness (QED) is 0.263. The van der Waals surface area contributed by atoms with Gasteiger partial charge in [-0.2, -0.15) is 0 Å². The molecule has 0 aromatic carbocycles. The minimum atomic E-state index is 0.272. The molecule has 0 aromatic heterocycles. The molecule has 192 valence electrons. The lowest BCUT2D eigenvalue weighted by Gasteiger charge is -2.39. The summed E-state index contributed by atoms with van der Waals surface area (Å²) in [6, 6.07) is 1.11. The van der Waals surface area contributed by atoms with Crippen molar-refractivity contribution >= 4 is 11.7 Å². The summed E-state index contributed by atoms with van der Waals surface area (Å²) in [5, 5.41) is 6.87. The maximum absolute atomic E-state index is 12.5. The van der Waals surface area contributed by atoms with Gasteiger partial charge in [0, 0.05) is 24.9 Å². The highest BCUT2D eigenvalue weighted by Gasteiger charge is 2.32. The Morgan fingerprint density at radius 1 is 0.697 bits per heavy atom. The third-order valence-corrected chi connectivity index (χ3v) is 8.62. The number of carbonyl (C=O) groups is 2. The first-order chi connectivity index (χ1) is 15.9. The van der Waals surface area contributed by atoms with Crippen molar-refractivity contribution in [3.63, 3.8) is 0 Å². The average molecular weight is 463 g/mol. The molecule has 0 radical (unpaired) electrons. The molecule has 2 aliphatic rings. The fourth-order valence-electron chi connectivity index (χ4n) is 6.56. The number of ketones is 1. The molecule has 2 saturated carbocycles. The van der Waals surface area contributed by atoms with E-state index < -0.39 is 0 Å². The number of carbonyl (C=O) groups excluding carboxylic acids is 2. The van der Waals surface area contributed by atoms with Crippen LogP contribution in [0.4, 0.5) is 0 Å². The van der Waals surface area contributed by atoms with Gasteiger partial charge in [0.15, 0.2) is 0 Å². The van der Waals surface area contributed by atoms with Crippen LogP contribution in [0.2, 0.25) is 0 Å². The zero-order valence-electron chi connectivity index (χ0n) is 22.3. The van der Waals surface area contributed by atoms with Crippen molar-refractivity contribution in [3.05, 3.63) is 0 Å². The molecule has 6 unspecified atom stereocenters. The van der Waals surface area contributed by atoms with E-state index >= 15 is 0 Å². The zero-order chi connectivity index (χ0) is 24.1. The standard InChI is InChI=1S/C29H54N2O2/c1-22-19-25(15-17-27(22)30-4)21-26-16-18-28(23(2)20-26)31-29(33)14-12-10-8-6-5-7-9-11-13-24(3)32/h22-23,25-28,30H,5-21H2,1-4H3,(H,31,33). The van der Waals surface area contributed by atoms with Crippen molar-refractivity contribution in [2.75, 3.05) is 7.05 Å². The molecule has 0 spiro atoms. The number of hydrogen-bond acceptors (Lipinski definition) is 3. The van der Waals surface area contributed by atoms with Crippen LogP contribution in [-0.2, 0) is 9.59 Å². The number of amides is 1. The zero-order valence-corrected chi connectivity index (χ0v) is 22.3. The van der Waals surface area contributed by atoms with Crippen molar-refractivity contribution in [1.82, 2.24) is 10.6 Å². The van der Waals surface area contributed by atoms with Crippen molar-refractivity contribution < 1.29 is 9.59 Å². The van der Waals surface area contributed by atoms with E-state index in [4.69, 9.17) is 0 Å². The summed E-state index contributed by atoms with van der Waals surface area (Å²) in [6.07, 6.45) is 20.1. The number of unbranched alkanes of at least 4 members (excludes halogenated alkanes) is 7. The first kappa shape index (κ1) is 28.3. The molecule has 0 heterocycles. The Bertz CT molecular complexity index is 564. The lowest BCUT2D eigenvalue weighted by atomic mass is 9.70. The molecule has 2 aliphatic carbocycles. The van der Waals surface area contributed by atoms with E-state index in [1.807, 2.05) is 0 Å². The van der Waals surface area contributed by atoms with Crippen LogP contribution in [0.5, 0.6) is 0 Å². The van der Waals surface area contributed by atoms with Crippen LogP contribution in [0.3, 0.4) is 0 Å². The second kappa shape index (κ2) is 15.9. The Morgan fingerprint density at radius 3 is 1.67 bits per heavy atom. The average Bonchev–Trinajstić information content (AvgIpc) is 2.77. The third-order valence-electron chi connectivity index (χ3n) is 8.62. The van der Waals surface area contributed by atoms with Gasteiger partial charge in [-0.15, -0.1) is 0 Å². The predicted octanol–water partition coefficient (Wildman–Crippen LogP) is 6.81. The molecule has 4 heteroatoms. The molecule has 4 nitrogen and oxygen atoms in total. The van der Waals surface area contributed by atoms with Crippen LogP contribution in [-0.4, -0.2) is 30.8 Å². The SMILES string of the molecule is CNC1CCC(CC2CCC(NC(=O)CCCCCCCCCCC(C)=O)C(C)C2)CC1C. The summed E-state index contributed by atoms with van der Waals surface area (Å²) in [5.41, 5.74) is 0. The van der Waals surface area contributed by atoms with Gasteiger partial charge in [0.05, 0.1) is 0 Å². The summed E-state index contributed by atoms with van der Waals surface area (Å²) in [6.45, 7) is 6.45. The van der Waals surface area contributed by atoms with E-state index in [0.717, 1.165) is 49.5 Å². The van der Waals surface area contributed by atoms with Crippen LogP contribution < -0.4 is 10.6 Å². The molecule has 0 aromatic rings. The highest BCUT2D eigenvalue weighted by Crippen LogP contribution is 2.39. The van der Waals surface area contributed by atoms with E-state index in [1.54, 1.807) is 6.92 Å². The Hall–Kier alpha value is -0.900. The number of rotatable bonds is 15. The molecule has 0 saturated heterocycles. The van der Waals surface area contributed by atoms with Gasteiger partial charge in [-0.3, -0.25) is 4.79 Å². The highest BCUT2D eigenvalue weighted by molar-refractivity contribution is 5.76. The van der Waals surface area contributed by atoms with E-state index in [0.29, 0.717) is 24.2 Å². The van der Waals surface area contributed by atoms with Crippen molar-refractivity contribution in [1.29, 1.82) is 0 Å². The second-order valence-corrected chi connectivity index (χ2v) is 11.6. The Morgan fingerprint density at radius 2 is 1.18 bits per heavy atom. The van der Waals surface area contributed by atoms with Gasteiger partial charge in [-0.25, -0.2) is 0 Å². The molecule has 2 rings (SSSR count). The minimum absolute atomic E-state index is 0.272. The summed E-state index contributed by atoms with van der Waals surface area (Å²) >= 11 is 0. The first-order valence-corrected chi connectivity index (χ1v) is 14.3. The molecule has 6 atom stereocenters. The lowest BCUT2D eigenvalue weighted by molar-refractivity contribution is -0.122. The van der Waals surface area contributed by atoms with E-state index in [1.165, 1.54) is 77.0 Å². The number of hydrogen-bond donors (Lipinski definition) is 2. The number of Topliss-reactive ketones (excluding diaryl/α,β-unsaturated/α-hetero) is 1. The fraction of sp³-hybridized carbons (Fsp3) is 0.931. The molecule has 33 heavy (non-hydrogen) atoms. The van der Waals surface area contributed by atoms with Crippen LogP contribution in [0.25, 0.3) is 0 Å². The van der Waals surface area contributed by atoms with Gasteiger partial charge in [0.2, 0.25) is 5.91 Å². The molecule has 1 amide bonds. The third kappa shape index (κ3) is 11.4. The molecule has 2 N–H and O–H groups in total. The van der Waals surface area contributed by atoms with E-state index in [2.05, 4.69) is 31.5 Å². The largest absolute Gasteiger partial charge is 0.353 e. The van der Waals surface area contributed by atoms with Gasteiger partial charge < -0.3 is 15.4 Å². The topological polar surface area (TPSA) is 58.2 Å². The van der Waals surface area contributed by atoms with E-state index in [9.17, 15) is 9.59 Å². The highest BCUT2D eigenvalue weighted by atomic mass is 16.1. The first-order valence-electron chi connectivity index (χ1n) is 14.3. The van der Waals surface area contributed by atoms with Crippen molar-refractivity contribution in [3.8, 4) is 0 Å². The van der Waals surface area contributed by atoms with E-state index in [-0.39, 0.29) is 5.91 Å². The van der Waals surface area contributed by atoms with Crippen LogP contribution >= 0.6 is 0 Å². The van der Waals surface area contributed by atoms with Gasteiger partial charge in [0.25, 0.3) is 0 Å². The summed E-state index contributed by atoms with van der Waals surface area (Å²) in [4.78, 5) is 23.4. The van der Waals surface area contributed by atoms with Gasteiger partial charge in [-0.05, 0) is 95.4 Å². The van der Waals surface area contributed by atoms with Gasteiger partial charge in [-0.1, -0.05) is 52.4 Å². The Labute approximate surface area is 204 Å². The summed E-state index contributed by atoms with van der Waals surface area (Å²) < 4.78 is 0. The summed E-state index contributed by atoms with van der Waals surface area (Å²) in [5.74, 6) is 3.77. The van der Waals surface area contributed by atoms with Gasteiger partial charge >= 0.3 is 0 Å². The lowest BCUT2D eigenvalue weighted by Crippen LogP contribution is -2.43. The molecular weight excluding hydrogens is 408 g/mol. The monoisotopic (exact) mass is 462 g/mol. The van der Waals surface area contributed by atoms with Crippen LogP contribution in [0.1, 0.15) is 130 Å². The fourth-order valence-corrected chi connectivity index (χ4v) is 6.56. The van der Waals surface area contributed by atoms with Crippen LogP contribution in [0.15, 0.2) is 0 Å². The molecule has 0 bridgehead atoms. The van der Waals surface area contributed by atoms with Crippen molar-refractivity contribution in [2.45, 2.75) is 142 Å². The smallest absolute Gasteiger partial charge is 0.220 e. The minimum Gasteiger partial charge on any atom is -0.353 e. The second-order valence-electron chi connectivity index (χ2n) is 11.6. The van der Waals surface area contributed by atoms with Crippen LogP contribution in [0, 0.1) is 23.7 Å². The molecule has 2 fully saturated rings. The number of nitrogens with one attached hydrogen (secondary N) is 2. The summed E-state index contributed by atoms with van der Waals surface area (Å²) in [7, 11) is 2.11. The maximum atomic E-state index is 12.5. The normalized spacial score (nSPS) is 30.2. The van der Waals surface area contributed by atoms with Crippen molar-refractivity contribution in [2.24, 2.45) is 23.7 Å². The predicted molar refractivity (Wildman–Crippen MR) is 139 cm³/mol. The maximum Gasteiger partial charge on any atom is 0.220 e. The molecular formula is C29H54N2O2. The Balaban J connectivity index is 1.50. The Kier molecular flexibility index (Phi) is 13.7. The molecule has 0 aliphatic heterocycles. The van der Waals surface area contributed by atoms with Gasteiger partial charge in [0.1, 0.15) is 5.78 Å².